The fourth-order valence-electron chi connectivity index (χ4n) is 2.18. The topological polar surface area (TPSA) is 84.2 Å². The van der Waals surface area contributed by atoms with Gasteiger partial charge in [-0.2, -0.15) is 5.10 Å². The summed E-state index contributed by atoms with van der Waals surface area (Å²) in [5.74, 6) is -0.797. The zero-order chi connectivity index (χ0) is 16.7. The Labute approximate surface area is 131 Å². The summed E-state index contributed by atoms with van der Waals surface area (Å²) in [6.45, 7) is 8.86. The van der Waals surface area contributed by atoms with Gasteiger partial charge < -0.3 is 10.4 Å². The minimum Gasteiger partial charge on any atom is -0.480 e. The zero-order valence-corrected chi connectivity index (χ0v) is 13.9. The van der Waals surface area contributed by atoms with Gasteiger partial charge in [0, 0.05) is 12.2 Å². The van der Waals surface area contributed by atoms with Crippen molar-refractivity contribution in [2.45, 2.75) is 66.0 Å². The lowest BCUT2D eigenvalue weighted by atomic mass is 10.1. The van der Waals surface area contributed by atoms with Crippen molar-refractivity contribution in [1.29, 1.82) is 0 Å². The van der Waals surface area contributed by atoms with Crippen LogP contribution < -0.4 is 5.32 Å². The van der Waals surface area contributed by atoms with E-state index in [0.29, 0.717) is 17.9 Å². The van der Waals surface area contributed by atoms with E-state index in [-0.39, 0.29) is 5.91 Å². The summed E-state index contributed by atoms with van der Waals surface area (Å²) in [5, 5.41) is 16.0. The van der Waals surface area contributed by atoms with Crippen LogP contribution in [0.1, 0.15) is 62.5 Å². The number of aliphatic carboxylic acids is 1. The lowest BCUT2D eigenvalue weighted by molar-refractivity contribution is -0.139. The van der Waals surface area contributed by atoms with E-state index in [0.717, 1.165) is 31.5 Å². The summed E-state index contributed by atoms with van der Waals surface area (Å²) in [5.41, 5.74) is 1.23. The number of carbonyl (C=O) groups excluding carboxylic acids is 1. The third-order valence-electron chi connectivity index (χ3n) is 3.72. The second-order valence-corrected chi connectivity index (χ2v) is 6.06. The van der Waals surface area contributed by atoms with Crippen molar-refractivity contribution in [3.63, 3.8) is 0 Å². The normalized spacial score (nSPS) is 12.4. The molecule has 6 heteroatoms. The highest BCUT2D eigenvalue weighted by Crippen LogP contribution is 2.11. The average Bonchev–Trinajstić information content (AvgIpc) is 2.81. The zero-order valence-electron chi connectivity index (χ0n) is 13.9. The molecule has 1 aromatic rings. The Morgan fingerprint density at radius 1 is 1.36 bits per heavy atom. The van der Waals surface area contributed by atoms with Gasteiger partial charge >= 0.3 is 5.97 Å². The molecule has 0 radical (unpaired) electrons. The molecule has 0 spiro atoms. The predicted octanol–water partition coefficient (Wildman–Crippen LogP) is 2.61. The number of aromatic nitrogens is 2. The van der Waals surface area contributed by atoms with Gasteiger partial charge in [-0.3, -0.25) is 9.48 Å². The number of rotatable bonds is 9. The first-order chi connectivity index (χ1) is 10.4. The summed E-state index contributed by atoms with van der Waals surface area (Å²) < 4.78 is 1.80. The van der Waals surface area contributed by atoms with Gasteiger partial charge in [0.1, 0.15) is 6.04 Å². The number of carbonyl (C=O) groups is 2. The van der Waals surface area contributed by atoms with Crippen molar-refractivity contribution < 1.29 is 14.7 Å². The molecule has 22 heavy (non-hydrogen) atoms. The number of unbranched alkanes of at least 4 members (excludes halogenated alkanes) is 1. The molecule has 0 aliphatic carbocycles. The van der Waals surface area contributed by atoms with Crippen LogP contribution in [0.5, 0.6) is 0 Å². The summed E-state index contributed by atoms with van der Waals surface area (Å²) in [6.07, 6.45) is 4.61. The van der Waals surface area contributed by atoms with Crippen LogP contribution >= 0.6 is 0 Å². The number of hydrogen-bond acceptors (Lipinski definition) is 3. The summed E-state index contributed by atoms with van der Waals surface area (Å²) in [7, 11) is 0. The van der Waals surface area contributed by atoms with Gasteiger partial charge in [0.15, 0.2) is 0 Å². The van der Waals surface area contributed by atoms with Crippen LogP contribution in [0.15, 0.2) is 6.20 Å². The molecule has 0 aromatic carbocycles. The fraction of sp³-hybridized carbons (Fsp3) is 0.688. The molecule has 1 amide bonds. The van der Waals surface area contributed by atoms with Crippen LogP contribution in [0, 0.1) is 12.8 Å². The highest BCUT2D eigenvalue weighted by molar-refractivity contribution is 5.97. The van der Waals surface area contributed by atoms with E-state index in [2.05, 4.69) is 24.3 Å². The molecular weight excluding hydrogens is 282 g/mol. The lowest BCUT2D eigenvalue weighted by Crippen LogP contribution is -2.40. The number of nitrogens with one attached hydrogen (secondary N) is 1. The quantitative estimate of drug-likeness (QED) is 0.734. The molecule has 1 aromatic heterocycles. The first-order valence-corrected chi connectivity index (χ1v) is 7.92. The molecule has 124 valence electrons. The van der Waals surface area contributed by atoms with Crippen LogP contribution in [0.25, 0.3) is 0 Å². The Kier molecular flexibility index (Phi) is 7.08. The van der Waals surface area contributed by atoms with Crippen molar-refractivity contribution in [3.8, 4) is 0 Å². The highest BCUT2D eigenvalue weighted by Gasteiger charge is 2.22. The van der Waals surface area contributed by atoms with E-state index < -0.39 is 12.0 Å². The maximum absolute atomic E-state index is 12.3. The van der Waals surface area contributed by atoms with E-state index in [1.165, 1.54) is 6.20 Å². The smallest absolute Gasteiger partial charge is 0.326 e. The first kappa shape index (κ1) is 18.2. The van der Waals surface area contributed by atoms with Crippen LogP contribution in [-0.2, 0) is 11.3 Å². The second kappa shape index (κ2) is 8.56. The highest BCUT2D eigenvalue weighted by atomic mass is 16.4. The molecule has 0 fully saturated rings. The fourth-order valence-corrected chi connectivity index (χ4v) is 2.18. The number of nitrogens with zero attached hydrogens (tertiary/aromatic N) is 2. The van der Waals surface area contributed by atoms with Gasteiger partial charge in [0.05, 0.1) is 11.8 Å². The maximum atomic E-state index is 12.3. The Bertz CT molecular complexity index is 509. The minimum absolute atomic E-state index is 0.364. The molecule has 0 aliphatic rings. The molecule has 1 atom stereocenters. The summed E-state index contributed by atoms with van der Waals surface area (Å²) >= 11 is 0. The average molecular weight is 309 g/mol. The van der Waals surface area contributed by atoms with Crippen molar-refractivity contribution in [3.05, 3.63) is 17.5 Å². The number of amides is 1. The number of hydrogen-bond donors (Lipinski definition) is 2. The summed E-state index contributed by atoms with van der Waals surface area (Å²) in [6, 6.07) is -0.842. The van der Waals surface area contributed by atoms with Crippen LogP contribution in [0.2, 0.25) is 0 Å². The molecule has 1 rings (SSSR count). The van der Waals surface area contributed by atoms with E-state index in [1.807, 2.05) is 13.8 Å². The van der Waals surface area contributed by atoms with E-state index in [4.69, 9.17) is 0 Å². The van der Waals surface area contributed by atoms with Crippen molar-refractivity contribution in [2.24, 2.45) is 5.92 Å². The first-order valence-electron chi connectivity index (χ1n) is 7.92. The molecule has 0 bridgehead atoms. The number of carboxylic acid groups (broad SMARTS) is 1. The molecule has 0 unspecified atom stereocenters. The van der Waals surface area contributed by atoms with Crippen molar-refractivity contribution in [2.75, 3.05) is 0 Å². The van der Waals surface area contributed by atoms with Gasteiger partial charge in [-0.05, 0) is 25.7 Å². The van der Waals surface area contributed by atoms with E-state index in [9.17, 15) is 14.7 Å². The molecule has 0 saturated carbocycles. The van der Waals surface area contributed by atoms with E-state index in [1.54, 1.807) is 4.68 Å². The molecular formula is C16H27N3O3. The molecule has 6 nitrogen and oxygen atoms in total. The molecule has 1 heterocycles. The predicted molar refractivity (Wildman–Crippen MR) is 84.8 cm³/mol. The third-order valence-corrected chi connectivity index (χ3v) is 3.72. The largest absolute Gasteiger partial charge is 0.480 e. The third kappa shape index (κ3) is 5.16. The Morgan fingerprint density at radius 3 is 2.59 bits per heavy atom. The Balaban J connectivity index is 2.74. The maximum Gasteiger partial charge on any atom is 0.326 e. The lowest BCUT2D eigenvalue weighted by Gasteiger charge is -2.14. The van der Waals surface area contributed by atoms with Crippen LogP contribution in [0.4, 0.5) is 0 Å². The van der Waals surface area contributed by atoms with Crippen molar-refractivity contribution in [1.82, 2.24) is 15.1 Å². The van der Waals surface area contributed by atoms with Crippen molar-refractivity contribution >= 4 is 11.9 Å². The monoisotopic (exact) mass is 309 g/mol. The minimum atomic E-state index is -0.994. The molecule has 2 N–H and O–H groups in total. The molecule has 0 saturated heterocycles. The second-order valence-electron chi connectivity index (χ2n) is 6.06. The van der Waals surface area contributed by atoms with Gasteiger partial charge in [0.2, 0.25) is 0 Å². The van der Waals surface area contributed by atoms with E-state index >= 15 is 0 Å². The Morgan fingerprint density at radius 2 is 2.05 bits per heavy atom. The number of carboxylic acids is 1. The van der Waals surface area contributed by atoms with Crippen LogP contribution in [0.3, 0.4) is 0 Å². The molecule has 0 aliphatic heterocycles. The SMILES string of the molecule is CCCC[C@H](NC(=O)c1cnn(CCC(C)C)c1C)C(=O)O. The van der Waals surface area contributed by atoms with Gasteiger partial charge in [-0.25, -0.2) is 4.79 Å². The van der Waals surface area contributed by atoms with Gasteiger partial charge in [-0.15, -0.1) is 0 Å². The Hall–Kier alpha value is -1.85. The summed E-state index contributed by atoms with van der Waals surface area (Å²) in [4.78, 5) is 23.5. The van der Waals surface area contributed by atoms with Gasteiger partial charge in [0.25, 0.3) is 5.91 Å². The van der Waals surface area contributed by atoms with Gasteiger partial charge in [-0.1, -0.05) is 33.6 Å². The standard InChI is InChI=1S/C16H27N3O3/c1-5-6-7-14(16(21)22)18-15(20)13-10-17-19(12(13)4)9-8-11(2)3/h10-11,14H,5-9H2,1-4H3,(H,18,20)(H,21,22)/t14-/m0/s1. The number of aryl methyl sites for hydroxylation is 1. The van der Waals surface area contributed by atoms with Crippen LogP contribution in [-0.4, -0.2) is 32.8 Å².